The van der Waals surface area contributed by atoms with Crippen molar-refractivity contribution in [3.8, 4) is 10.6 Å². The van der Waals surface area contributed by atoms with Crippen molar-refractivity contribution in [2.75, 3.05) is 5.32 Å². The van der Waals surface area contributed by atoms with E-state index in [1.165, 1.54) is 11.6 Å². The summed E-state index contributed by atoms with van der Waals surface area (Å²) in [6.45, 7) is 2.06. The first-order valence-electron chi connectivity index (χ1n) is 8.99. The van der Waals surface area contributed by atoms with Gasteiger partial charge in [-0.2, -0.15) is 0 Å². The minimum Gasteiger partial charge on any atom is -0.326 e. The standard InChI is InChI=1S/C22H17N3O3S/c1-14-6-11-18-20(12-14)29-22(24-18)15-7-9-17(10-8-15)23-21(26)13-16-4-2-3-5-19(16)25(27)28/h2-12H,13H2,1H3,(H,23,26). The van der Waals surface area contributed by atoms with Gasteiger partial charge < -0.3 is 5.32 Å². The Morgan fingerprint density at radius 2 is 1.86 bits per heavy atom. The van der Waals surface area contributed by atoms with Gasteiger partial charge in [0.05, 0.1) is 21.6 Å². The zero-order chi connectivity index (χ0) is 20.4. The van der Waals surface area contributed by atoms with Crippen molar-refractivity contribution in [1.29, 1.82) is 0 Å². The van der Waals surface area contributed by atoms with Crippen molar-refractivity contribution in [2.24, 2.45) is 0 Å². The van der Waals surface area contributed by atoms with Crippen LogP contribution in [0.2, 0.25) is 0 Å². The van der Waals surface area contributed by atoms with E-state index in [-0.39, 0.29) is 18.0 Å². The first kappa shape index (κ1) is 18.8. The number of nitrogens with zero attached hydrogens (tertiary/aromatic N) is 2. The lowest BCUT2D eigenvalue weighted by atomic mass is 10.1. The van der Waals surface area contributed by atoms with E-state index in [1.54, 1.807) is 29.5 Å². The van der Waals surface area contributed by atoms with E-state index in [1.807, 2.05) is 36.4 Å². The molecule has 1 N–H and O–H groups in total. The third kappa shape index (κ3) is 4.14. The number of aryl methyl sites for hydroxylation is 1. The lowest BCUT2D eigenvalue weighted by Gasteiger charge is -2.06. The maximum Gasteiger partial charge on any atom is 0.273 e. The van der Waals surface area contributed by atoms with Crippen molar-refractivity contribution in [2.45, 2.75) is 13.3 Å². The average molecular weight is 403 g/mol. The van der Waals surface area contributed by atoms with E-state index in [2.05, 4.69) is 23.3 Å². The van der Waals surface area contributed by atoms with Gasteiger partial charge in [-0.3, -0.25) is 14.9 Å². The molecule has 0 fully saturated rings. The van der Waals surface area contributed by atoms with Gasteiger partial charge in [0.1, 0.15) is 5.01 Å². The first-order chi connectivity index (χ1) is 14.0. The van der Waals surface area contributed by atoms with Crippen LogP contribution in [0.4, 0.5) is 11.4 Å². The van der Waals surface area contributed by atoms with Crippen LogP contribution in [0.15, 0.2) is 66.7 Å². The van der Waals surface area contributed by atoms with Crippen molar-refractivity contribution in [3.63, 3.8) is 0 Å². The van der Waals surface area contributed by atoms with Crippen molar-refractivity contribution >= 4 is 38.8 Å². The van der Waals surface area contributed by atoms with Gasteiger partial charge in [-0.15, -0.1) is 11.3 Å². The number of anilines is 1. The molecule has 0 bridgehead atoms. The predicted octanol–water partition coefficient (Wildman–Crippen LogP) is 5.36. The highest BCUT2D eigenvalue weighted by Gasteiger charge is 2.15. The Hall–Kier alpha value is -3.58. The molecule has 1 aromatic heterocycles. The molecule has 144 valence electrons. The molecule has 0 aliphatic rings. The Morgan fingerprint density at radius 3 is 2.62 bits per heavy atom. The Morgan fingerprint density at radius 1 is 1.10 bits per heavy atom. The zero-order valence-electron chi connectivity index (χ0n) is 15.6. The summed E-state index contributed by atoms with van der Waals surface area (Å²) in [5.41, 5.74) is 4.11. The van der Waals surface area contributed by atoms with E-state index >= 15 is 0 Å². The number of amides is 1. The van der Waals surface area contributed by atoms with Gasteiger partial charge in [-0.1, -0.05) is 24.3 Å². The number of hydrogen-bond acceptors (Lipinski definition) is 5. The van der Waals surface area contributed by atoms with Crippen LogP contribution in [0.3, 0.4) is 0 Å². The van der Waals surface area contributed by atoms with E-state index in [0.717, 1.165) is 20.8 Å². The minimum atomic E-state index is -0.475. The first-order valence-corrected chi connectivity index (χ1v) is 9.81. The molecular weight excluding hydrogens is 386 g/mol. The van der Waals surface area contributed by atoms with Crippen LogP contribution in [0.5, 0.6) is 0 Å². The van der Waals surface area contributed by atoms with Gasteiger partial charge in [0.15, 0.2) is 0 Å². The van der Waals surface area contributed by atoms with Gasteiger partial charge in [0, 0.05) is 22.9 Å². The van der Waals surface area contributed by atoms with E-state index in [0.29, 0.717) is 11.3 Å². The summed E-state index contributed by atoms with van der Waals surface area (Å²) in [5, 5.41) is 14.8. The highest BCUT2D eigenvalue weighted by Crippen LogP contribution is 2.31. The number of nitrogens with one attached hydrogen (secondary N) is 1. The molecule has 29 heavy (non-hydrogen) atoms. The van der Waals surface area contributed by atoms with Crippen molar-refractivity contribution in [1.82, 2.24) is 4.98 Å². The molecule has 7 heteroatoms. The number of nitro groups is 1. The highest BCUT2D eigenvalue weighted by atomic mass is 32.1. The monoisotopic (exact) mass is 403 g/mol. The van der Waals surface area contributed by atoms with Crippen molar-refractivity contribution in [3.05, 3.63) is 88.0 Å². The van der Waals surface area contributed by atoms with Crippen LogP contribution in [-0.2, 0) is 11.2 Å². The van der Waals surface area contributed by atoms with E-state index in [9.17, 15) is 14.9 Å². The number of aromatic nitrogens is 1. The molecule has 6 nitrogen and oxygen atoms in total. The molecule has 0 atom stereocenters. The third-order valence-corrected chi connectivity index (χ3v) is 5.57. The molecule has 0 saturated heterocycles. The number of benzene rings is 3. The fraction of sp³-hybridized carbons (Fsp3) is 0.0909. The van der Waals surface area contributed by atoms with Crippen LogP contribution < -0.4 is 5.32 Å². The lowest BCUT2D eigenvalue weighted by molar-refractivity contribution is -0.385. The second-order valence-corrected chi connectivity index (χ2v) is 7.71. The Bertz CT molecular complexity index is 1220. The largest absolute Gasteiger partial charge is 0.326 e. The Balaban J connectivity index is 1.48. The quantitative estimate of drug-likeness (QED) is 0.359. The summed E-state index contributed by atoms with van der Waals surface area (Å²) in [4.78, 5) is 27.6. The minimum absolute atomic E-state index is 0.0518. The normalized spacial score (nSPS) is 10.8. The molecule has 0 spiro atoms. The maximum absolute atomic E-state index is 12.3. The predicted molar refractivity (Wildman–Crippen MR) is 115 cm³/mol. The number of carbonyl (C=O) groups excluding carboxylic acids is 1. The van der Waals surface area contributed by atoms with Gasteiger partial charge in [-0.05, 0) is 48.9 Å². The highest BCUT2D eigenvalue weighted by molar-refractivity contribution is 7.21. The maximum atomic E-state index is 12.3. The smallest absolute Gasteiger partial charge is 0.273 e. The van der Waals surface area contributed by atoms with Gasteiger partial charge >= 0.3 is 0 Å². The third-order valence-electron chi connectivity index (χ3n) is 4.50. The lowest BCUT2D eigenvalue weighted by Crippen LogP contribution is -2.15. The molecular formula is C22H17N3O3S. The summed E-state index contributed by atoms with van der Waals surface area (Å²) in [6.07, 6.45) is -0.0594. The van der Waals surface area contributed by atoms with Gasteiger partial charge in [0.25, 0.3) is 5.69 Å². The molecule has 0 aliphatic carbocycles. The second-order valence-electron chi connectivity index (χ2n) is 6.68. The molecule has 0 unspecified atom stereocenters. The number of nitro benzene ring substituents is 1. The van der Waals surface area contributed by atoms with E-state index in [4.69, 9.17) is 0 Å². The molecule has 3 aromatic carbocycles. The van der Waals surface area contributed by atoms with Crippen LogP contribution in [0.25, 0.3) is 20.8 Å². The summed E-state index contributed by atoms with van der Waals surface area (Å²) in [6, 6.07) is 19.9. The molecule has 1 amide bonds. The van der Waals surface area contributed by atoms with Gasteiger partial charge in [-0.25, -0.2) is 4.98 Å². The fourth-order valence-electron chi connectivity index (χ4n) is 3.07. The number of para-hydroxylation sites is 1. The number of rotatable bonds is 5. The molecule has 4 rings (SSSR count). The topological polar surface area (TPSA) is 85.1 Å². The second kappa shape index (κ2) is 7.81. The van der Waals surface area contributed by atoms with Gasteiger partial charge in [0.2, 0.25) is 5.91 Å². The molecule has 0 radical (unpaired) electrons. The van der Waals surface area contributed by atoms with Crippen molar-refractivity contribution < 1.29 is 9.72 Å². The van der Waals surface area contributed by atoms with Crippen LogP contribution >= 0.6 is 11.3 Å². The van der Waals surface area contributed by atoms with Crippen LogP contribution in [0.1, 0.15) is 11.1 Å². The summed E-state index contributed by atoms with van der Waals surface area (Å²) >= 11 is 1.63. The SMILES string of the molecule is Cc1ccc2nc(-c3ccc(NC(=O)Cc4ccccc4[N+](=O)[O-])cc3)sc2c1. The fourth-order valence-corrected chi connectivity index (χ4v) is 4.14. The summed E-state index contributed by atoms with van der Waals surface area (Å²) < 4.78 is 1.14. The van der Waals surface area contributed by atoms with Crippen LogP contribution in [0, 0.1) is 17.0 Å². The number of hydrogen-bond donors (Lipinski definition) is 1. The summed E-state index contributed by atoms with van der Waals surface area (Å²) in [7, 11) is 0. The Labute approximate surface area is 171 Å². The molecule has 4 aromatic rings. The zero-order valence-corrected chi connectivity index (χ0v) is 16.4. The number of thiazole rings is 1. The number of carbonyl (C=O) groups is 1. The molecule has 0 aliphatic heterocycles. The molecule has 0 saturated carbocycles. The van der Waals surface area contributed by atoms with E-state index < -0.39 is 4.92 Å². The Kier molecular flexibility index (Phi) is 5.05. The average Bonchev–Trinajstić information content (AvgIpc) is 3.12. The van der Waals surface area contributed by atoms with Crippen LogP contribution in [-0.4, -0.2) is 15.8 Å². The molecule has 1 heterocycles. The number of fused-ring (bicyclic) bond motifs is 1. The summed E-state index contributed by atoms with van der Waals surface area (Å²) in [5.74, 6) is -0.303.